The zero-order valence-corrected chi connectivity index (χ0v) is 9.45. The molecule has 7 heteroatoms. The van der Waals surface area contributed by atoms with Gasteiger partial charge in [0.05, 0.1) is 6.04 Å². The molecule has 0 aliphatic rings. The SMILES string of the molecule is NC(CCO)c1nc(-c2ccc(O)c(O)c2)no1. The molecule has 0 aliphatic carbocycles. The first kappa shape index (κ1) is 12.3. The van der Waals surface area contributed by atoms with Crippen molar-refractivity contribution in [3.8, 4) is 22.9 Å². The van der Waals surface area contributed by atoms with Crippen molar-refractivity contribution in [2.75, 3.05) is 6.61 Å². The summed E-state index contributed by atoms with van der Waals surface area (Å²) in [6, 6.07) is 3.67. The van der Waals surface area contributed by atoms with Crippen molar-refractivity contribution in [3.05, 3.63) is 24.1 Å². The molecule has 1 aromatic carbocycles. The van der Waals surface area contributed by atoms with Gasteiger partial charge in [0.1, 0.15) is 0 Å². The highest BCUT2D eigenvalue weighted by Gasteiger charge is 2.15. The average molecular weight is 251 g/mol. The van der Waals surface area contributed by atoms with Gasteiger partial charge in [0, 0.05) is 12.2 Å². The third-order valence-corrected chi connectivity index (χ3v) is 2.43. The van der Waals surface area contributed by atoms with Crippen molar-refractivity contribution >= 4 is 0 Å². The lowest BCUT2D eigenvalue weighted by atomic mass is 10.2. The highest BCUT2D eigenvalue weighted by atomic mass is 16.5. The van der Waals surface area contributed by atoms with E-state index in [1.54, 1.807) is 6.07 Å². The van der Waals surface area contributed by atoms with E-state index in [2.05, 4.69) is 10.1 Å². The van der Waals surface area contributed by atoms with E-state index in [-0.39, 0.29) is 29.8 Å². The van der Waals surface area contributed by atoms with E-state index in [1.807, 2.05) is 0 Å². The van der Waals surface area contributed by atoms with Crippen LogP contribution in [0, 0.1) is 0 Å². The van der Waals surface area contributed by atoms with Gasteiger partial charge in [-0.3, -0.25) is 0 Å². The molecule has 0 spiro atoms. The van der Waals surface area contributed by atoms with Crippen LogP contribution in [0.25, 0.3) is 11.4 Å². The predicted octanol–water partition coefficient (Wildman–Crippen LogP) is 0.530. The van der Waals surface area contributed by atoms with E-state index in [1.165, 1.54) is 12.1 Å². The Hall–Kier alpha value is -2.12. The highest BCUT2D eigenvalue weighted by molar-refractivity contribution is 5.59. The average Bonchev–Trinajstić information content (AvgIpc) is 2.82. The number of hydrogen-bond acceptors (Lipinski definition) is 7. The molecule has 0 aliphatic heterocycles. The van der Waals surface area contributed by atoms with E-state index in [0.29, 0.717) is 12.0 Å². The first-order valence-corrected chi connectivity index (χ1v) is 5.34. The minimum atomic E-state index is -0.526. The van der Waals surface area contributed by atoms with Crippen LogP contribution in [0.5, 0.6) is 11.5 Å². The minimum absolute atomic E-state index is 0.0706. The number of rotatable bonds is 4. The molecule has 0 amide bonds. The Kier molecular flexibility index (Phi) is 3.45. The van der Waals surface area contributed by atoms with E-state index < -0.39 is 6.04 Å². The number of nitrogens with two attached hydrogens (primary N) is 1. The molecule has 5 N–H and O–H groups in total. The molecule has 7 nitrogen and oxygen atoms in total. The molecule has 18 heavy (non-hydrogen) atoms. The molecule has 0 saturated carbocycles. The third kappa shape index (κ3) is 2.41. The Balaban J connectivity index is 2.26. The van der Waals surface area contributed by atoms with E-state index in [9.17, 15) is 10.2 Å². The van der Waals surface area contributed by atoms with Crippen LogP contribution in [0.2, 0.25) is 0 Å². The number of aromatic nitrogens is 2. The summed E-state index contributed by atoms with van der Waals surface area (Å²) < 4.78 is 4.96. The van der Waals surface area contributed by atoms with Crippen molar-refractivity contribution in [1.82, 2.24) is 10.1 Å². The fraction of sp³-hybridized carbons (Fsp3) is 0.273. The van der Waals surface area contributed by atoms with Gasteiger partial charge >= 0.3 is 0 Å². The van der Waals surface area contributed by atoms with Crippen LogP contribution < -0.4 is 5.73 Å². The van der Waals surface area contributed by atoms with Gasteiger partial charge in [0.25, 0.3) is 0 Å². The summed E-state index contributed by atoms with van der Waals surface area (Å²) in [6.07, 6.45) is 0.322. The molecule has 0 radical (unpaired) electrons. The number of phenolic OH excluding ortho intramolecular Hbond substituents is 2. The van der Waals surface area contributed by atoms with Gasteiger partial charge < -0.3 is 25.6 Å². The number of hydrogen-bond donors (Lipinski definition) is 4. The lowest BCUT2D eigenvalue weighted by Crippen LogP contribution is -2.12. The fourth-order valence-corrected chi connectivity index (χ4v) is 1.43. The summed E-state index contributed by atoms with van der Waals surface area (Å²) in [5, 5.41) is 31.0. The van der Waals surface area contributed by atoms with Crippen molar-refractivity contribution < 1.29 is 19.8 Å². The summed E-state index contributed by atoms with van der Waals surface area (Å²) in [4.78, 5) is 4.06. The second-order valence-electron chi connectivity index (χ2n) is 3.78. The van der Waals surface area contributed by atoms with Crippen molar-refractivity contribution in [1.29, 1.82) is 0 Å². The largest absolute Gasteiger partial charge is 0.504 e. The Morgan fingerprint density at radius 1 is 1.28 bits per heavy atom. The number of benzene rings is 1. The van der Waals surface area contributed by atoms with Gasteiger partial charge in [-0.05, 0) is 24.6 Å². The van der Waals surface area contributed by atoms with Crippen LogP contribution in [-0.2, 0) is 0 Å². The van der Waals surface area contributed by atoms with Gasteiger partial charge in [-0.2, -0.15) is 4.98 Å². The number of aliphatic hydroxyl groups is 1. The van der Waals surface area contributed by atoms with Crippen LogP contribution in [0.4, 0.5) is 0 Å². The molecule has 1 heterocycles. The predicted molar refractivity (Wildman–Crippen MR) is 61.7 cm³/mol. The molecule has 0 bridgehead atoms. The number of nitrogens with zero attached hydrogens (tertiary/aromatic N) is 2. The number of phenols is 2. The Morgan fingerprint density at radius 3 is 2.72 bits per heavy atom. The van der Waals surface area contributed by atoms with Gasteiger partial charge in [0.2, 0.25) is 11.7 Å². The summed E-state index contributed by atoms with van der Waals surface area (Å²) in [5.74, 6) is -0.0155. The van der Waals surface area contributed by atoms with Gasteiger partial charge in [-0.1, -0.05) is 5.16 Å². The maximum Gasteiger partial charge on any atom is 0.243 e. The Labute approximate surface area is 102 Å². The van der Waals surface area contributed by atoms with Crippen LogP contribution in [0.1, 0.15) is 18.4 Å². The van der Waals surface area contributed by atoms with E-state index in [0.717, 1.165) is 0 Å². The maximum atomic E-state index is 9.37. The smallest absolute Gasteiger partial charge is 0.243 e. The Morgan fingerprint density at radius 2 is 2.06 bits per heavy atom. The van der Waals surface area contributed by atoms with Crippen LogP contribution >= 0.6 is 0 Å². The molecule has 0 saturated heterocycles. The summed E-state index contributed by atoms with van der Waals surface area (Å²) in [5.41, 5.74) is 6.20. The lowest BCUT2D eigenvalue weighted by Gasteiger charge is -2.02. The maximum absolute atomic E-state index is 9.37. The molecular formula is C11H13N3O4. The van der Waals surface area contributed by atoms with E-state index in [4.69, 9.17) is 15.4 Å². The van der Waals surface area contributed by atoms with Gasteiger partial charge in [0.15, 0.2) is 11.5 Å². The first-order chi connectivity index (χ1) is 8.61. The van der Waals surface area contributed by atoms with Gasteiger partial charge in [-0.25, -0.2) is 0 Å². The van der Waals surface area contributed by atoms with Crippen molar-refractivity contribution in [2.24, 2.45) is 5.73 Å². The summed E-state index contributed by atoms with van der Waals surface area (Å²) in [6.45, 7) is -0.0706. The normalized spacial score (nSPS) is 12.6. The molecule has 2 aromatic rings. The first-order valence-electron chi connectivity index (χ1n) is 5.34. The standard InChI is InChI=1S/C11H13N3O4/c12-7(3-4-15)11-13-10(14-18-11)6-1-2-8(16)9(17)5-6/h1-2,5,7,15-17H,3-4,12H2. The highest BCUT2D eigenvalue weighted by Crippen LogP contribution is 2.29. The van der Waals surface area contributed by atoms with Gasteiger partial charge in [-0.15, -0.1) is 0 Å². The second-order valence-corrected chi connectivity index (χ2v) is 3.78. The van der Waals surface area contributed by atoms with Crippen LogP contribution in [-0.4, -0.2) is 32.1 Å². The quantitative estimate of drug-likeness (QED) is 0.584. The van der Waals surface area contributed by atoms with Crippen molar-refractivity contribution in [3.63, 3.8) is 0 Å². The Bertz CT molecular complexity index is 541. The number of aromatic hydroxyl groups is 2. The van der Waals surface area contributed by atoms with E-state index >= 15 is 0 Å². The molecule has 1 aromatic heterocycles. The monoisotopic (exact) mass is 251 g/mol. The third-order valence-electron chi connectivity index (χ3n) is 2.43. The summed E-state index contributed by atoms with van der Waals surface area (Å²) in [7, 11) is 0. The second kappa shape index (κ2) is 5.03. The zero-order chi connectivity index (χ0) is 13.1. The van der Waals surface area contributed by atoms with Crippen LogP contribution in [0.3, 0.4) is 0 Å². The lowest BCUT2D eigenvalue weighted by molar-refractivity contribution is 0.259. The zero-order valence-electron chi connectivity index (χ0n) is 9.45. The molecule has 2 rings (SSSR count). The topological polar surface area (TPSA) is 126 Å². The summed E-state index contributed by atoms with van der Waals surface area (Å²) >= 11 is 0. The minimum Gasteiger partial charge on any atom is -0.504 e. The number of aliphatic hydroxyl groups excluding tert-OH is 1. The van der Waals surface area contributed by atoms with Crippen LogP contribution in [0.15, 0.2) is 22.7 Å². The molecule has 1 atom stereocenters. The fourth-order valence-electron chi connectivity index (χ4n) is 1.43. The van der Waals surface area contributed by atoms with Crippen molar-refractivity contribution in [2.45, 2.75) is 12.5 Å². The molecule has 1 unspecified atom stereocenters. The molecule has 0 fully saturated rings. The molecule has 96 valence electrons. The molecular weight excluding hydrogens is 238 g/mol.